The van der Waals surface area contributed by atoms with Gasteiger partial charge in [0, 0.05) is 34.1 Å². The molecule has 0 aliphatic heterocycles. The Hall–Kier alpha value is -9.76. The molecule has 0 saturated carbocycles. The largest absolute Gasteiger partial charge is 0.311 e. The Morgan fingerprint density at radius 2 is 0.324 bits per heavy atom. The van der Waals surface area contributed by atoms with Gasteiger partial charge in [0.05, 0.1) is 0 Å². The Morgan fingerprint density at radius 3 is 0.554 bits per heavy atom. The summed E-state index contributed by atoms with van der Waals surface area (Å²) in [5.74, 6) is 0. The molecule has 0 amide bonds. The van der Waals surface area contributed by atoms with E-state index < -0.39 is 0 Å². The molecule has 1 aliphatic rings. The summed E-state index contributed by atoms with van der Waals surface area (Å²) in [7, 11) is 0. The Balaban J connectivity index is 0.826. The second-order valence-corrected chi connectivity index (χ2v) is 18.9. The van der Waals surface area contributed by atoms with Crippen molar-refractivity contribution in [1.82, 2.24) is 0 Å². The van der Waals surface area contributed by atoms with Crippen molar-refractivity contribution in [3.63, 3.8) is 0 Å². The topological polar surface area (TPSA) is 6.48 Å². The first-order valence-electron chi connectivity index (χ1n) is 25.4. The van der Waals surface area contributed by atoms with Gasteiger partial charge in [0.15, 0.2) is 0 Å². The van der Waals surface area contributed by atoms with Gasteiger partial charge >= 0.3 is 0 Å². The maximum absolute atomic E-state index is 2.36. The fourth-order valence-corrected chi connectivity index (χ4v) is 10.7. The normalized spacial score (nSPS) is 11.2. The first-order valence-corrected chi connectivity index (χ1v) is 25.4. The highest BCUT2D eigenvalue weighted by atomic mass is 15.1. The second-order valence-electron chi connectivity index (χ2n) is 18.9. The third-order valence-electron chi connectivity index (χ3n) is 14.5. The van der Waals surface area contributed by atoms with E-state index in [4.69, 9.17) is 0 Å². The summed E-state index contributed by atoms with van der Waals surface area (Å²) in [4.78, 5) is 4.71. The zero-order chi connectivity index (χ0) is 49.2. The van der Waals surface area contributed by atoms with Crippen molar-refractivity contribution in [3.05, 3.63) is 303 Å². The number of rotatable bonds is 12. The van der Waals surface area contributed by atoms with Crippen molar-refractivity contribution in [2.75, 3.05) is 9.80 Å². The number of benzene rings is 12. The Bertz CT molecular complexity index is 3430. The first-order chi connectivity index (χ1) is 36.7. The van der Waals surface area contributed by atoms with E-state index in [0.717, 1.165) is 34.1 Å². The fourth-order valence-electron chi connectivity index (χ4n) is 10.7. The van der Waals surface area contributed by atoms with Crippen molar-refractivity contribution < 1.29 is 0 Å². The molecule has 0 bridgehead atoms. The number of nitrogens with zero attached hydrogens (tertiary/aromatic N) is 2. The lowest BCUT2D eigenvalue weighted by Crippen LogP contribution is -2.10. The Kier molecular flexibility index (Phi) is 11.6. The molecule has 0 aromatic heterocycles. The minimum absolute atomic E-state index is 1.10. The van der Waals surface area contributed by atoms with E-state index in [9.17, 15) is 0 Å². The highest BCUT2D eigenvalue weighted by Crippen LogP contribution is 2.56. The maximum atomic E-state index is 2.36. The predicted molar refractivity (Wildman–Crippen MR) is 313 cm³/mol. The van der Waals surface area contributed by atoms with Crippen LogP contribution in [0.2, 0.25) is 0 Å². The van der Waals surface area contributed by atoms with Crippen LogP contribution in [0.3, 0.4) is 0 Å². The molecule has 0 heterocycles. The highest BCUT2D eigenvalue weighted by molar-refractivity contribution is 6.13. The SMILES string of the molecule is c1ccc(-c2ccc(N(c3ccc(-c4ccccc4)cc3)c3ccc(-c4cccc5c4-c4c(-c6ccc(N(c7ccc(-c8ccccc8)cc7)c7ccc(-c8ccccc8)cc7)cc6)cccc4-5)cc3)cc2)cc1. The van der Waals surface area contributed by atoms with Crippen molar-refractivity contribution in [2.24, 2.45) is 0 Å². The van der Waals surface area contributed by atoms with E-state index in [-0.39, 0.29) is 0 Å². The monoisotopic (exact) mass is 942 g/mol. The summed E-state index contributed by atoms with van der Waals surface area (Å²) in [6.07, 6.45) is 0. The third kappa shape index (κ3) is 8.45. The van der Waals surface area contributed by atoms with E-state index in [1.807, 2.05) is 0 Å². The standard InChI is InChI=1S/C72H50N2/c1-5-15-51(16-6-1)55-27-39-61(40-28-55)73(62-41-29-56(30-42-62)52-17-7-2-8-18-52)65-47-35-59(36-48-65)67-23-13-25-69-70-26-14-24-68(72(70)71(67)69)60-37-49-66(50-38-60)74(63-43-31-57(32-44-63)53-19-9-3-10-20-53)64-45-33-58(34-46-64)54-21-11-4-12-22-54/h1-50H. The van der Waals surface area contributed by atoms with Gasteiger partial charge in [0.25, 0.3) is 0 Å². The molecular formula is C72H50N2. The van der Waals surface area contributed by atoms with Crippen LogP contribution in [-0.4, -0.2) is 0 Å². The van der Waals surface area contributed by atoms with E-state index in [2.05, 4.69) is 313 Å². The molecule has 0 fully saturated rings. The van der Waals surface area contributed by atoms with Crippen LogP contribution in [0.1, 0.15) is 0 Å². The molecule has 0 radical (unpaired) electrons. The van der Waals surface area contributed by atoms with Gasteiger partial charge < -0.3 is 9.80 Å². The number of hydrogen-bond donors (Lipinski definition) is 0. The van der Waals surface area contributed by atoms with Gasteiger partial charge in [-0.05, 0) is 162 Å². The van der Waals surface area contributed by atoms with Crippen LogP contribution in [0, 0.1) is 0 Å². The first kappa shape index (κ1) is 44.2. The molecule has 0 spiro atoms. The average molecular weight is 943 g/mol. The minimum Gasteiger partial charge on any atom is -0.311 e. The van der Waals surface area contributed by atoms with Crippen LogP contribution >= 0.6 is 0 Å². The van der Waals surface area contributed by atoms with Crippen molar-refractivity contribution in [3.8, 4) is 89.0 Å². The van der Waals surface area contributed by atoms with E-state index in [1.165, 1.54) is 89.0 Å². The van der Waals surface area contributed by atoms with Crippen molar-refractivity contribution in [1.29, 1.82) is 0 Å². The van der Waals surface area contributed by atoms with Crippen molar-refractivity contribution in [2.45, 2.75) is 0 Å². The molecular weight excluding hydrogens is 893 g/mol. The predicted octanol–water partition coefficient (Wildman–Crippen LogP) is 20.3. The van der Waals surface area contributed by atoms with E-state index in [0.29, 0.717) is 0 Å². The number of hydrogen-bond acceptors (Lipinski definition) is 2. The van der Waals surface area contributed by atoms with Crippen LogP contribution in [0.4, 0.5) is 34.1 Å². The minimum atomic E-state index is 1.10. The molecule has 0 saturated heterocycles. The van der Waals surface area contributed by atoms with Gasteiger partial charge in [0.2, 0.25) is 0 Å². The Morgan fingerprint density at radius 1 is 0.135 bits per heavy atom. The molecule has 1 aliphatic carbocycles. The lowest BCUT2D eigenvalue weighted by molar-refractivity contribution is 1.28. The van der Waals surface area contributed by atoms with Crippen molar-refractivity contribution >= 4 is 34.1 Å². The molecule has 2 nitrogen and oxygen atoms in total. The summed E-state index contributed by atoms with van der Waals surface area (Å²) < 4.78 is 0. The van der Waals surface area contributed by atoms with E-state index in [1.54, 1.807) is 0 Å². The Labute approximate surface area is 434 Å². The molecule has 0 N–H and O–H groups in total. The van der Waals surface area contributed by atoms with Gasteiger partial charge in [-0.15, -0.1) is 0 Å². The van der Waals surface area contributed by atoms with Gasteiger partial charge in [0.1, 0.15) is 0 Å². The zero-order valence-electron chi connectivity index (χ0n) is 40.8. The molecule has 0 atom stereocenters. The summed E-state index contributed by atoms with van der Waals surface area (Å²) >= 11 is 0. The molecule has 13 rings (SSSR count). The average Bonchev–Trinajstić information content (AvgIpc) is 3.54. The smallest absolute Gasteiger partial charge is 0.0462 e. The lowest BCUT2D eigenvalue weighted by atomic mass is 9.73. The maximum Gasteiger partial charge on any atom is 0.0462 e. The highest BCUT2D eigenvalue weighted by Gasteiger charge is 2.29. The van der Waals surface area contributed by atoms with Gasteiger partial charge in [-0.1, -0.05) is 231 Å². The van der Waals surface area contributed by atoms with Crippen LogP contribution in [0.5, 0.6) is 0 Å². The third-order valence-corrected chi connectivity index (χ3v) is 14.5. The quantitative estimate of drug-likeness (QED) is 0.120. The van der Waals surface area contributed by atoms with Crippen LogP contribution in [0.25, 0.3) is 89.0 Å². The van der Waals surface area contributed by atoms with Crippen LogP contribution < -0.4 is 9.80 Å². The molecule has 12 aromatic rings. The lowest BCUT2D eigenvalue weighted by Gasteiger charge is -2.30. The number of fused-ring (bicyclic) bond motifs is 4. The fraction of sp³-hybridized carbons (Fsp3) is 0. The number of anilines is 6. The molecule has 0 unspecified atom stereocenters. The summed E-state index contributed by atoms with van der Waals surface area (Å²) in [6, 6.07) is 110. The van der Waals surface area contributed by atoms with Gasteiger partial charge in [-0.2, -0.15) is 0 Å². The van der Waals surface area contributed by atoms with Gasteiger partial charge in [-0.25, -0.2) is 0 Å². The molecule has 348 valence electrons. The van der Waals surface area contributed by atoms with E-state index >= 15 is 0 Å². The summed E-state index contributed by atoms with van der Waals surface area (Å²) in [5, 5.41) is 0. The van der Waals surface area contributed by atoms with Crippen LogP contribution in [-0.2, 0) is 0 Å². The van der Waals surface area contributed by atoms with Crippen LogP contribution in [0.15, 0.2) is 303 Å². The van der Waals surface area contributed by atoms with Gasteiger partial charge in [-0.3, -0.25) is 0 Å². The second kappa shape index (κ2) is 19.4. The summed E-state index contributed by atoms with van der Waals surface area (Å²) in [5.41, 5.74) is 26.2. The molecule has 2 heteroatoms. The summed E-state index contributed by atoms with van der Waals surface area (Å²) in [6.45, 7) is 0. The molecule has 74 heavy (non-hydrogen) atoms. The zero-order valence-corrected chi connectivity index (χ0v) is 40.8. The molecule has 12 aromatic carbocycles.